The van der Waals surface area contributed by atoms with Crippen molar-refractivity contribution in [3.63, 3.8) is 0 Å². The largest absolute Gasteiger partial charge is 0.338 e. The van der Waals surface area contributed by atoms with Gasteiger partial charge in [0.1, 0.15) is 0 Å². The number of carbonyl (C=O) groups is 1. The third-order valence-electron chi connectivity index (χ3n) is 5.49. The number of nitrogens with one attached hydrogen (secondary N) is 1. The maximum atomic E-state index is 12.8. The Kier molecular flexibility index (Phi) is 8.74. The van der Waals surface area contributed by atoms with Crippen LogP contribution in [0.3, 0.4) is 0 Å². The Morgan fingerprint density at radius 2 is 1.86 bits per heavy atom. The third-order valence-corrected chi connectivity index (χ3v) is 7.40. The molecular formula is C20H32ClN3O3S. The van der Waals surface area contributed by atoms with Crippen LogP contribution < -0.4 is 5.32 Å². The van der Waals surface area contributed by atoms with Crippen molar-refractivity contribution in [2.75, 3.05) is 32.7 Å². The molecule has 1 N–H and O–H groups in total. The normalized spacial score (nSPS) is 20.5. The first kappa shape index (κ1) is 23.1. The van der Waals surface area contributed by atoms with E-state index in [2.05, 4.69) is 12.2 Å². The van der Waals surface area contributed by atoms with Gasteiger partial charge in [0.15, 0.2) is 0 Å². The molecule has 0 radical (unpaired) electrons. The average Bonchev–Trinajstić information content (AvgIpc) is 3.21. The predicted octanol–water partition coefficient (Wildman–Crippen LogP) is 2.43. The van der Waals surface area contributed by atoms with Crippen LogP contribution in [0.5, 0.6) is 0 Å². The van der Waals surface area contributed by atoms with Gasteiger partial charge in [-0.25, -0.2) is 8.42 Å². The second kappa shape index (κ2) is 10.6. The van der Waals surface area contributed by atoms with Crippen molar-refractivity contribution in [1.29, 1.82) is 0 Å². The first-order valence-corrected chi connectivity index (χ1v) is 11.6. The molecule has 2 fully saturated rings. The van der Waals surface area contributed by atoms with Gasteiger partial charge in [-0.2, -0.15) is 4.31 Å². The summed E-state index contributed by atoms with van der Waals surface area (Å²) in [6, 6.07) is 7.13. The monoisotopic (exact) mass is 429 g/mol. The van der Waals surface area contributed by atoms with Crippen LogP contribution in [0.15, 0.2) is 29.2 Å². The van der Waals surface area contributed by atoms with Crippen LogP contribution in [0.1, 0.15) is 44.6 Å². The molecule has 1 unspecified atom stereocenters. The number of nitrogens with zero attached hydrogens (tertiary/aromatic N) is 2. The molecule has 2 saturated heterocycles. The van der Waals surface area contributed by atoms with E-state index < -0.39 is 10.0 Å². The minimum atomic E-state index is -3.42. The Labute approximate surface area is 175 Å². The molecule has 6 nitrogen and oxygen atoms in total. The van der Waals surface area contributed by atoms with Crippen LogP contribution in [-0.2, 0) is 21.2 Å². The van der Waals surface area contributed by atoms with Gasteiger partial charge in [-0.15, -0.1) is 12.4 Å². The van der Waals surface area contributed by atoms with Gasteiger partial charge in [0.2, 0.25) is 15.9 Å². The van der Waals surface area contributed by atoms with Crippen LogP contribution in [0, 0.1) is 0 Å². The molecule has 0 spiro atoms. The highest BCUT2D eigenvalue weighted by molar-refractivity contribution is 7.89. The summed E-state index contributed by atoms with van der Waals surface area (Å²) >= 11 is 0. The van der Waals surface area contributed by atoms with Gasteiger partial charge < -0.3 is 10.2 Å². The van der Waals surface area contributed by atoms with Gasteiger partial charge in [-0.05, 0) is 49.9 Å². The molecule has 1 amide bonds. The molecule has 2 aliphatic heterocycles. The summed E-state index contributed by atoms with van der Waals surface area (Å²) in [5.41, 5.74) is 0.865. The van der Waals surface area contributed by atoms with Crippen molar-refractivity contribution in [3.8, 4) is 0 Å². The molecule has 1 atom stereocenters. The van der Waals surface area contributed by atoms with E-state index in [4.69, 9.17) is 0 Å². The number of benzene rings is 1. The lowest BCUT2D eigenvalue weighted by Crippen LogP contribution is -2.42. The number of amides is 1. The third kappa shape index (κ3) is 5.47. The van der Waals surface area contributed by atoms with E-state index in [0.717, 1.165) is 57.3 Å². The lowest BCUT2D eigenvalue weighted by atomic mass is 10.1. The summed E-state index contributed by atoms with van der Waals surface area (Å²) in [5, 5.41) is 3.32. The average molecular weight is 430 g/mol. The summed E-state index contributed by atoms with van der Waals surface area (Å²) in [7, 11) is -3.42. The van der Waals surface area contributed by atoms with Crippen LogP contribution in [0.2, 0.25) is 0 Å². The highest BCUT2D eigenvalue weighted by atomic mass is 35.5. The molecule has 1 aromatic rings. The van der Waals surface area contributed by atoms with E-state index in [1.165, 1.54) is 0 Å². The van der Waals surface area contributed by atoms with Crippen molar-refractivity contribution in [1.82, 2.24) is 14.5 Å². The van der Waals surface area contributed by atoms with Gasteiger partial charge in [0.05, 0.1) is 11.3 Å². The maximum Gasteiger partial charge on any atom is 0.243 e. The molecule has 28 heavy (non-hydrogen) atoms. The van der Waals surface area contributed by atoms with Crippen molar-refractivity contribution < 1.29 is 13.2 Å². The Morgan fingerprint density at radius 3 is 2.43 bits per heavy atom. The van der Waals surface area contributed by atoms with E-state index in [-0.39, 0.29) is 24.4 Å². The van der Waals surface area contributed by atoms with E-state index >= 15 is 0 Å². The maximum absolute atomic E-state index is 12.8. The Bertz CT molecular complexity index is 728. The highest BCUT2D eigenvalue weighted by Crippen LogP contribution is 2.21. The van der Waals surface area contributed by atoms with E-state index in [0.29, 0.717) is 24.4 Å². The number of rotatable bonds is 7. The van der Waals surface area contributed by atoms with Gasteiger partial charge >= 0.3 is 0 Å². The van der Waals surface area contributed by atoms with E-state index in [9.17, 15) is 13.2 Å². The zero-order valence-corrected chi connectivity index (χ0v) is 18.2. The topological polar surface area (TPSA) is 69.7 Å². The number of hydrogen-bond donors (Lipinski definition) is 1. The summed E-state index contributed by atoms with van der Waals surface area (Å²) in [6.07, 6.45) is 5.20. The van der Waals surface area contributed by atoms with Crippen molar-refractivity contribution in [2.24, 2.45) is 0 Å². The summed E-state index contributed by atoms with van der Waals surface area (Å²) in [5.74, 6) is 0.122. The molecular weight excluding hydrogens is 398 g/mol. The number of hydrogen-bond acceptors (Lipinski definition) is 4. The number of carbonyl (C=O) groups excluding carboxylic acids is 1. The SMILES string of the molecule is CCCN(C(=O)Cc1ccc(S(=O)(=O)N2CCCCC2)cc1)C1CCNC1.Cl. The van der Waals surface area contributed by atoms with Crippen LogP contribution in [-0.4, -0.2) is 62.3 Å². The standard InChI is InChI=1S/C20H31N3O3S.ClH/c1-2-12-23(18-10-11-21-16-18)20(24)15-17-6-8-19(9-7-17)27(25,26)22-13-4-3-5-14-22;/h6-9,18,21H,2-5,10-16H2,1H3;1H. The molecule has 158 valence electrons. The Balaban J connectivity index is 0.00000280. The fraction of sp³-hybridized carbons (Fsp3) is 0.650. The summed E-state index contributed by atoms with van der Waals surface area (Å²) < 4.78 is 27.0. The number of sulfonamides is 1. The fourth-order valence-corrected chi connectivity index (χ4v) is 5.48. The molecule has 2 aliphatic rings. The van der Waals surface area contributed by atoms with Gasteiger partial charge in [0.25, 0.3) is 0 Å². The van der Waals surface area contributed by atoms with Crippen molar-refractivity contribution >= 4 is 28.3 Å². The summed E-state index contributed by atoms with van der Waals surface area (Å²) in [4.78, 5) is 15.1. The smallest absolute Gasteiger partial charge is 0.243 e. The second-order valence-electron chi connectivity index (χ2n) is 7.52. The molecule has 0 aliphatic carbocycles. The molecule has 3 rings (SSSR count). The molecule has 2 heterocycles. The zero-order chi connectivity index (χ0) is 19.3. The highest BCUT2D eigenvalue weighted by Gasteiger charge is 2.27. The Hall–Kier alpha value is -1.15. The first-order chi connectivity index (χ1) is 13.0. The van der Waals surface area contributed by atoms with E-state index in [1.807, 2.05) is 4.90 Å². The number of halogens is 1. The Morgan fingerprint density at radius 1 is 1.18 bits per heavy atom. The van der Waals surface area contributed by atoms with Gasteiger partial charge in [-0.3, -0.25) is 4.79 Å². The zero-order valence-electron chi connectivity index (χ0n) is 16.6. The lowest BCUT2D eigenvalue weighted by Gasteiger charge is -2.28. The fourth-order valence-electron chi connectivity index (χ4n) is 3.97. The predicted molar refractivity (Wildman–Crippen MR) is 113 cm³/mol. The van der Waals surface area contributed by atoms with Gasteiger partial charge in [-0.1, -0.05) is 25.5 Å². The van der Waals surface area contributed by atoms with Gasteiger partial charge in [0, 0.05) is 32.2 Å². The minimum absolute atomic E-state index is 0. The van der Waals surface area contributed by atoms with Crippen LogP contribution in [0.25, 0.3) is 0 Å². The van der Waals surface area contributed by atoms with Crippen molar-refractivity contribution in [2.45, 2.75) is 56.4 Å². The molecule has 0 saturated carbocycles. The minimum Gasteiger partial charge on any atom is -0.338 e. The van der Waals surface area contributed by atoms with E-state index in [1.54, 1.807) is 28.6 Å². The molecule has 1 aromatic carbocycles. The van der Waals surface area contributed by atoms with Crippen LogP contribution >= 0.6 is 12.4 Å². The quantitative estimate of drug-likeness (QED) is 0.722. The number of piperidine rings is 1. The summed E-state index contributed by atoms with van der Waals surface area (Å²) in [6.45, 7) is 5.88. The lowest BCUT2D eigenvalue weighted by molar-refractivity contribution is -0.132. The second-order valence-corrected chi connectivity index (χ2v) is 9.46. The molecule has 8 heteroatoms. The molecule has 0 bridgehead atoms. The van der Waals surface area contributed by atoms with Crippen LogP contribution in [0.4, 0.5) is 0 Å². The first-order valence-electron chi connectivity index (χ1n) is 10.1. The van der Waals surface area contributed by atoms with Crippen molar-refractivity contribution in [3.05, 3.63) is 29.8 Å². The molecule has 0 aromatic heterocycles.